The summed E-state index contributed by atoms with van der Waals surface area (Å²) in [6.07, 6.45) is 3.28. The van der Waals surface area contributed by atoms with Crippen LogP contribution in [0.5, 0.6) is 11.5 Å². The number of fused-ring (bicyclic) bond motifs is 2. The topological polar surface area (TPSA) is 98.9 Å². The van der Waals surface area contributed by atoms with E-state index in [0.29, 0.717) is 29.9 Å². The first-order chi connectivity index (χ1) is 15.9. The average Bonchev–Trinajstić information content (AvgIpc) is 3.39. The first kappa shape index (κ1) is 22.4. The van der Waals surface area contributed by atoms with E-state index in [1.807, 2.05) is 44.2 Å². The lowest BCUT2D eigenvalue weighted by molar-refractivity contribution is -0.117. The van der Waals surface area contributed by atoms with E-state index >= 15 is 0 Å². The SMILES string of the molecule is COc1c(C)c2c(c(OC)c1CC=C(C)CCC(=O)N=C1N=c3ccccc3=N1)C(=O)OC2. The Kier molecular flexibility index (Phi) is 6.35. The maximum absolute atomic E-state index is 12.3. The van der Waals surface area contributed by atoms with Crippen molar-refractivity contribution in [2.24, 2.45) is 15.0 Å². The van der Waals surface area contributed by atoms with Gasteiger partial charge in [-0.25, -0.2) is 14.8 Å². The second kappa shape index (κ2) is 9.36. The van der Waals surface area contributed by atoms with E-state index in [9.17, 15) is 9.59 Å². The quantitative estimate of drug-likeness (QED) is 0.480. The lowest BCUT2D eigenvalue weighted by Gasteiger charge is -2.18. The summed E-state index contributed by atoms with van der Waals surface area (Å²) >= 11 is 0. The molecule has 8 nitrogen and oxygen atoms in total. The summed E-state index contributed by atoms with van der Waals surface area (Å²) in [5.74, 6) is 0.691. The van der Waals surface area contributed by atoms with Crippen molar-refractivity contribution in [3.63, 3.8) is 0 Å². The molecule has 170 valence electrons. The van der Waals surface area contributed by atoms with Gasteiger partial charge in [0, 0.05) is 17.5 Å². The number of rotatable bonds is 7. The van der Waals surface area contributed by atoms with Gasteiger partial charge in [0.25, 0.3) is 5.96 Å². The largest absolute Gasteiger partial charge is 0.496 e. The van der Waals surface area contributed by atoms with E-state index in [4.69, 9.17) is 14.2 Å². The molecule has 2 aromatic rings. The van der Waals surface area contributed by atoms with Gasteiger partial charge in [-0.05, 0) is 44.4 Å². The van der Waals surface area contributed by atoms with Crippen LogP contribution in [0.25, 0.3) is 0 Å². The van der Waals surface area contributed by atoms with Crippen molar-refractivity contribution >= 4 is 17.8 Å². The minimum atomic E-state index is -0.385. The third kappa shape index (κ3) is 4.41. The molecule has 2 aromatic carbocycles. The van der Waals surface area contributed by atoms with Crippen LogP contribution in [-0.2, 0) is 22.6 Å². The Hall–Kier alpha value is -3.81. The Labute approximate surface area is 191 Å². The molecule has 2 heterocycles. The summed E-state index contributed by atoms with van der Waals surface area (Å²) in [7, 11) is 3.13. The van der Waals surface area contributed by atoms with Gasteiger partial charge in [-0.15, -0.1) is 0 Å². The number of carbonyl (C=O) groups is 2. The summed E-state index contributed by atoms with van der Waals surface area (Å²) < 4.78 is 16.4. The lowest BCUT2D eigenvalue weighted by Crippen LogP contribution is -2.19. The molecule has 0 N–H and O–H groups in total. The zero-order valence-electron chi connectivity index (χ0n) is 19.1. The van der Waals surface area contributed by atoms with Crippen molar-refractivity contribution in [1.82, 2.24) is 0 Å². The van der Waals surface area contributed by atoms with Crippen LogP contribution in [0.4, 0.5) is 0 Å². The lowest BCUT2D eigenvalue weighted by atomic mass is 9.94. The number of para-hydroxylation sites is 2. The molecule has 0 saturated carbocycles. The van der Waals surface area contributed by atoms with Gasteiger partial charge in [0.05, 0.1) is 24.9 Å². The Morgan fingerprint density at radius 2 is 1.79 bits per heavy atom. The van der Waals surface area contributed by atoms with Crippen LogP contribution in [0, 0.1) is 6.92 Å². The van der Waals surface area contributed by atoms with E-state index in [1.54, 1.807) is 7.11 Å². The van der Waals surface area contributed by atoms with Crippen LogP contribution in [-0.4, -0.2) is 32.1 Å². The highest BCUT2D eigenvalue weighted by molar-refractivity contribution is 5.98. The second-order valence-electron chi connectivity index (χ2n) is 7.87. The number of amides is 1. The minimum absolute atomic E-state index is 0.192. The Morgan fingerprint density at radius 1 is 1.12 bits per heavy atom. The maximum atomic E-state index is 12.3. The van der Waals surface area contributed by atoms with Gasteiger partial charge in [0.2, 0.25) is 5.91 Å². The predicted octanol–water partition coefficient (Wildman–Crippen LogP) is 2.79. The number of hydrogen-bond acceptors (Lipinski definition) is 5. The minimum Gasteiger partial charge on any atom is -0.496 e. The number of nitrogens with zero attached hydrogens (tertiary/aromatic N) is 3. The first-order valence-electron chi connectivity index (χ1n) is 10.7. The Morgan fingerprint density at radius 3 is 2.42 bits per heavy atom. The normalized spacial score (nSPS) is 14.1. The van der Waals surface area contributed by atoms with E-state index in [1.165, 1.54) is 7.11 Å². The van der Waals surface area contributed by atoms with Gasteiger partial charge in [0.15, 0.2) is 0 Å². The van der Waals surface area contributed by atoms with Gasteiger partial charge in [-0.3, -0.25) is 4.79 Å². The summed E-state index contributed by atoms with van der Waals surface area (Å²) in [6.45, 7) is 4.08. The standard InChI is InChI=1S/C25H25N3O5/c1-14(10-12-20(29)28-25-26-18-7-5-6-8-19(18)27-25)9-11-16-22(31-3)15(2)17-13-33-24(30)21(17)23(16)32-4/h5-9H,10-13H2,1-4H3. The number of cyclic esters (lactones) is 1. The molecule has 8 heteroatoms. The monoisotopic (exact) mass is 447 g/mol. The highest BCUT2D eigenvalue weighted by Crippen LogP contribution is 2.42. The van der Waals surface area contributed by atoms with Gasteiger partial charge in [-0.2, -0.15) is 4.99 Å². The number of carbonyl (C=O) groups excluding carboxylic acids is 2. The molecular formula is C25H25N3O5. The molecule has 0 saturated heterocycles. The van der Waals surface area contributed by atoms with Gasteiger partial charge < -0.3 is 14.2 Å². The molecule has 2 aliphatic heterocycles. The molecule has 0 fully saturated rings. The van der Waals surface area contributed by atoms with E-state index in [-0.39, 0.29) is 30.9 Å². The van der Waals surface area contributed by atoms with Gasteiger partial charge in [-0.1, -0.05) is 23.8 Å². The number of benzene rings is 2. The molecule has 1 amide bonds. The van der Waals surface area contributed by atoms with Crippen molar-refractivity contribution in [3.8, 4) is 11.5 Å². The third-order valence-corrected chi connectivity index (χ3v) is 5.77. The molecule has 0 atom stereocenters. The molecule has 33 heavy (non-hydrogen) atoms. The van der Waals surface area contributed by atoms with E-state index < -0.39 is 0 Å². The van der Waals surface area contributed by atoms with Crippen molar-refractivity contribution in [1.29, 1.82) is 0 Å². The van der Waals surface area contributed by atoms with Gasteiger partial charge in [0.1, 0.15) is 23.7 Å². The van der Waals surface area contributed by atoms with Crippen LogP contribution in [0.2, 0.25) is 0 Å². The third-order valence-electron chi connectivity index (χ3n) is 5.77. The first-order valence-corrected chi connectivity index (χ1v) is 10.7. The molecule has 0 radical (unpaired) electrons. The highest BCUT2D eigenvalue weighted by Gasteiger charge is 2.32. The second-order valence-corrected chi connectivity index (χ2v) is 7.87. The molecule has 0 spiro atoms. The molecule has 0 aromatic heterocycles. The molecule has 4 rings (SSSR count). The fourth-order valence-corrected chi connectivity index (χ4v) is 4.03. The van der Waals surface area contributed by atoms with Crippen molar-refractivity contribution in [2.75, 3.05) is 14.2 Å². The van der Waals surface area contributed by atoms with Crippen molar-refractivity contribution in [3.05, 3.63) is 68.9 Å². The van der Waals surface area contributed by atoms with Crippen LogP contribution in [0.1, 0.15) is 46.8 Å². The van der Waals surface area contributed by atoms with Crippen LogP contribution in [0.15, 0.2) is 50.9 Å². The number of guanidine groups is 1. The molecular weight excluding hydrogens is 422 g/mol. The maximum Gasteiger partial charge on any atom is 0.342 e. The zero-order chi connectivity index (χ0) is 23.5. The number of methoxy groups -OCH3 is 2. The number of allylic oxidation sites excluding steroid dienone is 2. The smallest absolute Gasteiger partial charge is 0.342 e. The van der Waals surface area contributed by atoms with E-state index in [2.05, 4.69) is 15.0 Å². The van der Waals surface area contributed by atoms with Crippen molar-refractivity contribution < 1.29 is 23.8 Å². The summed E-state index contributed by atoms with van der Waals surface area (Å²) in [6, 6.07) is 7.40. The average molecular weight is 447 g/mol. The summed E-state index contributed by atoms with van der Waals surface area (Å²) in [5, 5.41) is 1.44. The highest BCUT2D eigenvalue weighted by atomic mass is 16.5. The number of ether oxygens (including phenoxy) is 3. The number of hydrogen-bond donors (Lipinski definition) is 0. The molecule has 0 bridgehead atoms. The summed E-state index contributed by atoms with van der Waals surface area (Å²) in [5.41, 5.74) is 3.93. The zero-order valence-corrected chi connectivity index (χ0v) is 19.1. The fourth-order valence-electron chi connectivity index (χ4n) is 4.03. The molecule has 0 aliphatic carbocycles. The number of esters is 1. The predicted molar refractivity (Wildman–Crippen MR) is 121 cm³/mol. The molecule has 0 unspecified atom stereocenters. The van der Waals surface area contributed by atoms with E-state index in [0.717, 1.165) is 33.0 Å². The van der Waals surface area contributed by atoms with Crippen LogP contribution in [0.3, 0.4) is 0 Å². The summed E-state index contributed by atoms with van der Waals surface area (Å²) in [4.78, 5) is 37.1. The number of aliphatic imine (C=N–C) groups is 1. The van der Waals surface area contributed by atoms with Crippen molar-refractivity contribution in [2.45, 2.75) is 39.7 Å². The van der Waals surface area contributed by atoms with Gasteiger partial charge >= 0.3 is 5.97 Å². The Balaban J connectivity index is 1.47. The fraction of sp³-hybridized carbons (Fsp3) is 0.320. The van der Waals surface area contributed by atoms with Crippen LogP contribution < -0.4 is 20.2 Å². The molecule has 2 aliphatic rings. The van der Waals surface area contributed by atoms with Crippen LogP contribution >= 0.6 is 0 Å². The Bertz CT molecular complexity index is 1290.